The summed E-state index contributed by atoms with van der Waals surface area (Å²) in [6, 6.07) is 6.07. The van der Waals surface area contributed by atoms with Crippen LogP contribution in [0.2, 0.25) is 0 Å². The standard InChI is InChI=1S/C14H17NO2S/c1-9-4-5-13(17-3)11(8-9)14-15-12(6-7-16)10(2)18-14/h4-5,8,16H,6-7H2,1-3H3. The number of aliphatic hydroxyl groups excluding tert-OH is 1. The first kappa shape index (κ1) is 13.1. The Balaban J connectivity index is 2.47. The van der Waals surface area contributed by atoms with E-state index in [-0.39, 0.29) is 6.61 Å². The van der Waals surface area contributed by atoms with E-state index < -0.39 is 0 Å². The van der Waals surface area contributed by atoms with Gasteiger partial charge in [-0.15, -0.1) is 11.3 Å². The molecule has 2 aromatic rings. The number of benzene rings is 1. The number of aliphatic hydroxyl groups is 1. The Bertz CT molecular complexity index is 549. The van der Waals surface area contributed by atoms with Crippen LogP contribution in [0.3, 0.4) is 0 Å². The molecule has 0 amide bonds. The molecule has 0 radical (unpaired) electrons. The first-order chi connectivity index (χ1) is 8.65. The van der Waals surface area contributed by atoms with Crippen LogP contribution in [-0.4, -0.2) is 23.8 Å². The van der Waals surface area contributed by atoms with E-state index in [1.165, 1.54) is 5.56 Å². The molecule has 1 N–H and O–H groups in total. The molecule has 0 aliphatic heterocycles. The van der Waals surface area contributed by atoms with Crippen molar-refractivity contribution in [2.45, 2.75) is 20.3 Å². The molecule has 1 aromatic heterocycles. The van der Waals surface area contributed by atoms with Crippen LogP contribution >= 0.6 is 11.3 Å². The van der Waals surface area contributed by atoms with Crippen molar-refractivity contribution in [1.82, 2.24) is 4.98 Å². The summed E-state index contributed by atoms with van der Waals surface area (Å²) in [6.45, 7) is 4.22. The topological polar surface area (TPSA) is 42.4 Å². The molecule has 0 bridgehead atoms. The summed E-state index contributed by atoms with van der Waals surface area (Å²) in [5.41, 5.74) is 3.18. The second kappa shape index (κ2) is 5.50. The summed E-state index contributed by atoms with van der Waals surface area (Å²) < 4.78 is 5.38. The van der Waals surface area contributed by atoms with Crippen molar-refractivity contribution in [3.8, 4) is 16.3 Å². The predicted molar refractivity (Wildman–Crippen MR) is 74.4 cm³/mol. The molecule has 1 heterocycles. The summed E-state index contributed by atoms with van der Waals surface area (Å²) in [5, 5.41) is 9.96. The second-order valence-electron chi connectivity index (χ2n) is 4.20. The molecular weight excluding hydrogens is 246 g/mol. The minimum absolute atomic E-state index is 0.134. The molecule has 0 aliphatic rings. The lowest BCUT2D eigenvalue weighted by molar-refractivity contribution is 0.298. The average Bonchev–Trinajstić information content (AvgIpc) is 2.71. The zero-order valence-electron chi connectivity index (χ0n) is 10.9. The van der Waals surface area contributed by atoms with Crippen molar-refractivity contribution in [3.63, 3.8) is 0 Å². The highest BCUT2D eigenvalue weighted by Crippen LogP contribution is 2.35. The molecule has 0 aliphatic carbocycles. The van der Waals surface area contributed by atoms with Gasteiger partial charge in [-0.2, -0.15) is 0 Å². The molecular formula is C14H17NO2S. The number of hydrogen-bond donors (Lipinski definition) is 1. The zero-order valence-corrected chi connectivity index (χ0v) is 11.7. The van der Waals surface area contributed by atoms with Crippen LogP contribution in [0, 0.1) is 13.8 Å². The largest absolute Gasteiger partial charge is 0.496 e. The van der Waals surface area contributed by atoms with Crippen molar-refractivity contribution >= 4 is 11.3 Å². The number of thiazole rings is 1. The van der Waals surface area contributed by atoms with Gasteiger partial charge in [-0.25, -0.2) is 4.98 Å². The van der Waals surface area contributed by atoms with Gasteiger partial charge in [0.05, 0.1) is 18.4 Å². The SMILES string of the molecule is COc1ccc(C)cc1-c1nc(CCO)c(C)s1. The maximum atomic E-state index is 9.01. The van der Waals surface area contributed by atoms with Crippen molar-refractivity contribution in [1.29, 1.82) is 0 Å². The van der Waals surface area contributed by atoms with Gasteiger partial charge in [0.2, 0.25) is 0 Å². The molecule has 96 valence electrons. The molecule has 4 heteroatoms. The van der Waals surface area contributed by atoms with Crippen LogP contribution in [-0.2, 0) is 6.42 Å². The molecule has 0 unspecified atom stereocenters. The monoisotopic (exact) mass is 263 g/mol. The number of aromatic nitrogens is 1. The van der Waals surface area contributed by atoms with E-state index >= 15 is 0 Å². The first-order valence-corrected chi connectivity index (χ1v) is 6.69. The summed E-state index contributed by atoms with van der Waals surface area (Å²) in [5.74, 6) is 0.838. The Hall–Kier alpha value is -1.39. The maximum Gasteiger partial charge on any atom is 0.129 e. The van der Waals surface area contributed by atoms with Crippen LogP contribution in [0.5, 0.6) is 5.75 Å². The van der Waals surface area contributed by atoms with Crippen LogP contribution in [0.15, 0.2) is 18.2 Å². The Morgan fingerprint density at radius 3 is 2.78 bits per heavy atom. The van der Waals surface area contributed by atoms with Gasteiger partial charge in [-0.1, -0.05) is 11.6 Å². The highest BCUT2D eigenvalue weighted by atomic mass is 32.1. The van der Waals surface area contributed by atoms with Gasteiger partial charge in [0, 0.05) is 17.9 Å². The lowest BCUT2D eigenvalue weighted by Gasteiger charge is -2.06. The highest BCUT2D eigenvalue weighted by Gasteiger charge is 2.13. The van der Waals surface area contributed by atoms with Crippen LogP contribution in [0.25, 0.3) is 10.6 Å². The van der Waals surface area contributed by atoms with E-state index in [2.05, 4.69) is 18.0 Å². The first-order valence-electron chi connectivity index (χ1n) is 5.88. The zero-order chi connectivity index (χ0) is 13.1. The minimum Gasteiger partial charge on any atom is -0.496 e. The minimum atomic E-state index is 0.134. The van der Waals surface area contributed by atoms with Gasteiger partial charge in [0.1, 0.15) is 10.8 Å². The lowest BCUT2D eigenvalue weighted by atomic mass is 10.1. The Morgan fingerprint density at radius 1 is 1.33 bits per heavy atom. The second-order valence-corrected chi connectivity index (χ2v) is 5.40. The number of rotatable bonds is 4. The van der Waals surface area contributed by atoms with Crippen LogP contribution < -0.4 is 4.74 Å². The van der Waals surface area contributed by atoms with E-state index in [0.717, 1.165) is 26.9 Å². The summed E-state index contributed by atoms with van der Waals surface area (Å²) >= 11 is 1.64. The van der Waals surface area contributed by atoms with Gasteiger partial charge in [0.25, 0.3) is 0 Å². The summed E-state index contributed by atoms with van der Waals surface area (Å²) in [7, 11) is 1.67. The molecule has 0 spiro atoms. The number of methoxy groups -OCH3 is 1. The van der Waals surface area contributed by atoms with Crippen molar-refractivity contribution in [3.05, 3.63) is 34.3 Å². The van der Waals surface area contributed by atoms with E-state index in [4.69, 9.17) is 9.84 Å². The third-order valence-corrected chi connectivity index (χ3v) is 3.87. The van der Waals surface area contributed by atoms with E-state index in [9.17, 15) is 0 Å². The number of nitrogens with zero attached hydrogens (tertiary/aromatic N) is 1. The molecule has 0 saturated carbocycles. The molecule has 0 atom stereocenters. The molecule has 2 rings (SSSR count). The van der Waals surface area contributed by atoms with Crippen LogP contribution in [0.1, 0.15) is 16.1 Å². The van der Waals surface area contributed by atoms with E-state index in [1.54, 1.807) is 18.4 Å². The summed E-state index contributed by atoms with van der Waals surface area (Å²) in [4.78, 5) is 5.75. The average molecular weight is 263 g/mol. The van der Waals surface area contributed by atoms with E-state index in [0.29, 0.717) is 6.42 Å². The Kier molecular flexibility index (Phi) is 3.99. The third-order valence-electron chi connectivity index (χ3n) is 2.83. The molecule has 0 fully saturated rings. The fourth-order valence-corrected chi connectivity index (χ4v) is 2.85. The van der Waals surface area contributed by atoms with Gasteiger partial charge in [0.15, 0.2) is 0 Å². The smallest absolute Gasteiger partial charge is 0.129 e. The van der Waals surface area contributed by atoms with Gasteiger partial charge >= 0.3 is 0 Å². The van der Waals surface area contributed by atoms with Gasteiger partial charge in [-0.05, 0) is 26.0 Å². The van der Waals surface area contributed by atoms with Crippen molar-refractivity contribution < 1.29 is 9.84 Å². The van der Waals surface area contributed by atoms with Gasteiger partial charge in [-0.3, -0.25) is 0 Å². The Labute approximate surface area is 111 Å². The van der Waals surface area contributed by atoms with Gasteiger partial charge < -0.3 is 9.84 Å². The van der Waals surface area contributed by atoms with Crippen molar-refractivity contribution in [2.75, 3.05) is 13.7 Å². The Morgan fingerprint density at radius 2 is 2.11 bits per heavy atom. The quantitative estimate of drug-likeness (QED) is 0.922. The number of aryl methyl sites for hydroxylation is 2. The predicted octanol–water partition coefficient (Wildman–Crippen LogP) is 2.97. The normalized spacial score (nSPS) is 10.7. The van der Waals surface area contributed by atoms with Crippen LogP contribution in [0.4, 0.5) is 0 Å². The molecule has 3 nitrogen and oxygen atoms in total. The molecule has 1 aromatic carbocycles. The number of ether oxygens (including phenoxy) is 1. The number of hydrogen-bond acceptors (Lipinski definition) is 4. The summed E-state index contributed by atoms with van der Waals surface area (Å²) in [6.07, 6.45) is 0.608. The van der Waals surface area contributed by atoms with Crippen molar-refractivity contribution in [2.24, 2.45) is 0 Å². The fourth-order valence-electron chi connectivity index (χ4n) is 1.87. The molecule has 0 saturated heterocycles. The third kappa shape index (κ3) is 2.54. The molecule has 18 heavy (non-hydrogen) atoms. The lowest BCUT2D eigenvalue weighted by Crippen LogP contribution is -1.93. The van der Waals surface area contributed by atoms with E-state index in [1.807, 2.05) is 19.1 Å². The highest BCUT2D eigenvalue weighted by molar-refractivity contribution is 7.15. The fraction of sp³-hybridized carbons (Fsp3) is 0.357. The maximum absolute atomic E-state index is 9.01.